The molecule has 0 aliphatic carbocycles. The molecule has 1 aromatic rings. The molecule has 0 aliphatic heterocycles. The number of benzene rings is 1. The highest BCUT2D eigenvalue weighted by Gasteiger charge is 2.37. The first-order valence-electron chi connectivity index (χ1n) is 8.50. The molecule has 0 spiro atoms. The van der Waals surface area contributed by atoms with E-state index < -0.39 is 26.9 Å². The summed E-state index contributed by atoms with van der Waals surface area (Å²) in [4.78, 5) is 25.2. The van der Waals surface area contributed by atoms with Gasteiger partial charge in [0, 0.05) is 0 Å². The van der Waals surface area contributed by atoms with Crippen molar-refractivity contribution in [1.82, 2.24) is 0 Å². The van der Waals surface area contributed by atoms with E-state index in [1.54, 1.807) is 24.3 Å². The average molecular weight is 372 g/mol. The van der Waals surface area contributed by atoms with Gasteiger partial charge in [-0.1, -0.05) is 12.1 Å². The zero-order valence-electron chi connectivity index (χ0n) is 15.7. The lowest BCUT2D eigenvalue weighted by atomic mass is 10.1. The van der Waals surface area contributed by atoms with Crippen molar-refractivity contribution >= 4 is 26.9 Å². The Hall–Kier alpha value is -0.980. The van der Waals surface area contributed by atoms with Crippen LogP contribution in [0.4, 0.5) is 0 Å². The maximum Gasteiger partial charge on any atom is 0.381 e. The van der Waals surface area contributed by atoms with Crippen molar-refractivity contribution in [1.29, 1.82) is 0 Å². The highest BCUT2D eigenvalue weighted by molar-refractivity contribution is 7.71. The summed E-state index contributed by atoms with van der Waals surface area (Å²) in [6.45, 7) is 12.2. The Balaban J connectivity index is 3.08. The molecule has 0 N–H and O–H groups in total. The molecule has 1 aromatic carbocycles. The van der Waals surface area contributed by atoms with E-state index in [4.69, 9.17) is 9.05 Å². The largest absolute Gasteiger partial charge is 0.381 e. The number of hydrogen-bond acceptors (Lipinski definition) is 4. The van der Waals surface area contributed by atoms with Crippen LogP contribution in [0, 0.1) is 0 Å². The van der Waals surface area contributed by atoms with Crippen molar-refractivity contribution < 1.29 is 18.6 Å². The van der Waals surface area contributed by atoms with E-state index >= 15 is 0 Å². The van der Waals surface area contributed by atoms with E-state index in [1.807, 2.05) is 41.0 Å². The molecule has 0 amide bonds. The van der Waals surface area contributed by atoms with Gasteiger partial charge < -0.3 is 9.05 Å². The zero-order valence-corrected chi connectivity index (χ0v) is 17.5. The van der Waals surface area contributed by atoms with Crippen LogP contribution in [0.25, 0.3) is 0 Å². The quantitative estimate of drug-likeness (QED) is 0.588. The molecule has 0 fully saturated rings. The van der Waals surface area contributed by atoms with E-state index in [0.29, 0.717) is 11.1 Å². The van der Waals surface area contributed by atoms with Crippen LogP contribution < -0.4 is 0 Å². The summed E-state index contributed by atoms with van der Waals surface area (Å²) in [5.74, 6) is -0.842. The van der Waals surface area contributed by atoms with E-state index in [-0.39, 0.29) is 0 Å². The van der Waals surface area contributed by atoms with Crippen LogP contribution in [0.15, 0.2) is 24.3 Å². The minimum atomic E-state index is -1.75. The molecule has 0 aliphatic rings. The minimum Gasteiger partial charge on any atom is -0.308 e. The Bertz CT molecular complexity index is 527. The van der Waals surface area contributed by atoms with Gasteiger partial charge in [0.05, 0.1) is 49.1 Å². The Labute approximate surface area is 147 Å². The molecule has 0 radical (unpaired) electrons. The van der Waals surface area contributed by atoms with Crippen molar-refractivity contribution in [3.63, 3.8) is 0 Å². The fraction of sp³-hybridized carbons (Fsp3) is 0.556. The Morgan fingerprint density at radius 2 is 1.04 bits per heavy atom. The highest BCUT2D eigenvalue weighted by atomic mass is 31.2. The molecule has 134 valence electrons. The molecule has 0 unspecified atom stereocenters. The van der Waals surface area contributed by atoms with E-state index in [1.165, 1.54) is 0 Å². The van der Waals surface area contributed by atoms with Crippen molar-refractivity contribution in [2.24, 2.45) is 0 Å². The second kappa shape index (κ2) is 8.92. The van der Waals surface area contributed by atoms with Crippen LogP contribution in [-0.4, -0.2) is 49.9 Å². The molecule has 0 heterocycles. The number of hydrogen-bond donors (Lipinski definition) is 0. The lowest BCUT2D eigenvalue weighted by Gasteiger charge is -2.20. The molecule has 0 saturated carbocycles. The number of carbonyl (C=O) groups excluding carboxylic acids is 2. The zero-order chi connectivity index (χ0) is 18.4. The molecular formula is C18H30O4P2+2. The fourth-order valence-corrected chi connectivity index (χ4v) is 4.45. The third-order valence-corrected chi connectivity index (χ3v) is 11.2. The predicted octanol–water partition coefficient (Wildman–Crippen LogP) is 5.20. The summed E-state index contributed by atoms with van der Waals surface area (Å²) < 4.78 is 11.5. The van der Waals surface area contributed by atoms with Gasteiger partial charge >= 0.3 is 11.9 Å². The third kappa shape index (κ3) is 5.26. The topological polar surface area (TPSA) is 52.6 Å². The SMILES string of the molecule is CC[P+](C)(CC)OC(=O)c1ccccc1C(=O)O[P+](C)(CC)CC. The van der Waals surface area contributed by atoms with Gasteiger partial charge in [0.2, 0.25) is 0 Å². The van der Waals surface area contributed by atoms with Gasteiger partial charge in [-0.3, -0.25) is 0 Å². The lowest BCUT2D eigenvalue weighted by molar-refractivity contribution is 0.0705. The maximum atomic E-state index is 12.6. The molecule has 0 bridgehead atoms. The van der Waals surface area contributed by atoms with E-state index in [0.717, 1.165) is 24.6 Å². The number of carbonyl (C=O) groups is 2. The first-order chi connectivity index (χ1) is 11.2. The first kappa shape index (κ1) is 21.1. The molecule has 0 atom stereocenters. The second-order valence-corrected chi connectivity index (χ2v) is 14.2. The molecule has 0 aromatic heterocycles. The second-order valence-electron chi connectivity index (χ2n) is 6.16. The van der Waals surface area contributed by atoms with Crippen LogP contribution in [0.3, 0.4) is 0 Å². The van der Waals surface area contributed by atoms with Gasteiger partial charge in [0.15, 0.2) is 15.0 Å². The van der Waals surface area contributed by atoms with E-state index in [9.17, 15) is 9.59 Å². The van der Waals surface area contributed by atoms with Crippen LogP contribution >= 0.6 is 15.0 Å². The predicted molar refractivity (Wildman–Crippen MR) is 105 cm³/mol. The summed E-state index contributed by atoms with van der Waals surface area (Å²) >= 11 is 0. The smallest absolute Gasteiger partial charge is 0.308 e. The van der Waals surface area contributed by atoms with Crippen LogP contribution in [0.1, 0.15) is 48.4 Å². The maximum absolute atomic E-state index is 12.6. The number of rotatable bonds is 8. The lowest BCUT2D eigenvalue weighted by Crippen LogP contribution is -2.17. The molecule has 6 heteroatoms. The Morgan fingerprint density at radius 1 is 0.750 bits per heavy atom. The van der Waals surface area contributed by atoms with Gasteiger partial charge in [0.1, 0.15) is 0 Å². The van der Waals surface area contributed by atoms with Gasteiger partial charge in [-0.25, -0.2) is 9.59 Å². The molecule has 24 heavy (non-hydrogen) atoms. The first-order valence-corrected chi connectivity index (χ1v) is 13.5. The van der Waals surface area contributed by atoms with Gasteiger partial charge in [0.25, 0.3) is 0 Å². The molecule has 0 saturated heterocycles. The molecule has 4 nitrogen and oxygen atoms in total. The molecular weight excluding hydrogens is 342 g/mol. The summed E-state index contributed by atoms with van der Waals surface area (Å²) in [6.07, 6.45) is 3.32. The van der Waals surface area contributed by atoms with Crippen LogP contribution in [-0.2, 0) is 9.05 Å². The highest BCUT2D eigenvalue weighted by Crippen LogP contribution is 2.57. The summed E-state index contributed by atoms with van der Waals surface area (Å²) in [7, 11) is -3.50. The van der Waals surface area contributed by atoms with Gasteiger partial charge in [-0.15, -0.1) is 0 Å². The van der Waals surface area contributed by atoms with E-state index in [2.05, 4.69) is 0 Å². The van der Waals surface area contributed by atoms with Gasteiger partial charge in [-0.05, 0) is 39.8 Å². The van der Waals surface area contributed by atoms with Crippen molar-refractivity contribution in [2.45, 2.75) is 27.7 Å². The standard InChI is InChI=1S/C18H30O4P2/c1-7-23(5,8-2)21-17(19)15-13-11-12-14-16(15)18(20)22-24(6,9-3)10-4/h11-14H,7-10H2,1-6H3/q+2. The Kier molecular flexibility index (Phi) is 7.83. The van der Waals surface area contributed by atoms with Crippen molar-refractivity contribution in [3.8, 4) is 0 Å². The minimum absolute atomic E-state index is 0.300. The summed E-state index contributed by atoms with van der Waals surface area (Å²) in [5, 5.41) is 0. The summed E-state index contributed by atoms with van der Waals surface area (Å²) in [5.41, 5.74) is 0.601. The Morgan fingerprint density at radius 3 is 1.29 bits per heavy atom. The fourth-order valence-electron chi connectivity index (χ4n) is 2.04. The monoisotopic (exact) mass is 372 g/mol. The third-order valence-electron chi connectivity index (χ3n) is 4.65. The van der Waals surface area contributed by atoms with Crippen molar-refractivity contribution in [3.05, 3.63) is 35.4 Å². The van der Waals surface area contributed by atoms with Crippen LogP contribution in [0.2, 0.25) is 0 Å². The summed E-state index contributed by atoms with van der Waals surface area (Å²) in [6, 6.07) is 6.77. The van der Waals surface area contributed by atoms with Gasteiger partial charge in [-0.2, -0.15) is 0 Å². The average Bonchev–Trinajstić information content (AvgIpc) is 2.61. The van der Waals surface area contributed by atoms with Crippen molar-refractivity contribution in [2.75, 3.05) is 38.0 Å². The van der Waals surface area contributed by atoms with Crippen LogP contribution in [0.5, 0.6) is 0 Å². The molecule has 1 rings (SSSR count). The normalized spacial score (nSPS) is 11.9.